The Bertz CT molecular complexity index is 1460. The van der Waals surface area contributed by atoms with Crippen molar-refractivity contribution in [2.24, 2.45) is 11.3 Å². The summed E-state index contributed by atoms with van der Waals surface area (Å²) in [5, 5.41) is 0.940. The molecule has 34 heavy (non-hydrogen) atoms. The molecule has 2 N–H and O–H groups in total. The van der Waals surface area contributed by atoms with Crippen LogP contribution in [0.25, 0.3) is 21.3 Å². The molecule has 1 atom stereocenters. The van der Waals surface area contributed by atoms with Crippen LogP contribution in [0.3, 0.4) is 0 Å². The molecule has 172 valence electrons. The number of hydrogen-bond acceptors (Lipinski definition) is 4. The van der Waals surface area contributed by atoms with Crippen molar-refractivity contribution in [2.45, 2.75) is 52.9 Å². The first-order valence-electron chi connectivity index (χ1n) is 12.3. The first-order chi connectivity index (χ1) is 16.4. The van der Waals surface area contributed by atoms with E-state index in [1.165, 1.54) is 57.7 Å². The van der Waals surface area contributed by atoms with Crippen LogP contribution >= 0.6 is 11.3 Å². The normalized spacial score (nSPS) is 16.9. The molecule has 1 unspecified atom stereocenters. The van der Waals surface area contributed by atoms with Gasteiger partial charge in [-0.05, 0) is 77.0 Å². The van der Waals surface area contributed by atoms with Crippen molar-refractivity contribution >= 4 is 33.0 Å². The number of benzene rings is 2. The van der Waals surface area contributed by atoms with Gasteiger partial charge >= 0.3 is 0 Å². The summed E-state index contributed by atoms with van der Waals surface area (Å²) in [5.74, 6) is 0.656. The van der Waals surface area contributed by atoms with Gasteiger partial charge in [-0.25, -0.2) is 4.98 Å². The monoisotopic (exact) mass is 466 g/mol. The van der Waals surface area contributed by atoms with E-state index in [1.807, 2.05) is 6.07 Å². The minimum Gasteiger partial charge on any atom is -0.397 e. The molecular formula is C30H30N2OS. The standard InChI is InChI=1S/C30H30N2OS/c1-4-30(2,3)21-10-12-25-20(15-21)16-24-26(31)28(34-29(24)32-25)27(33)18-9-11-23-19(14-18)13-17-7-5-6-8-22(17)23/h5-9,11,14,16,21H,4,10,12-13,15,31H2,1-3H3. The molecule has 0 fully saturated rings. The van der Waals surface area contributed by atoms with Crippen molar-refractivity contribution in [3.8, 4) is 11.1 Å². The zero-order valence-electron chi connectivity index (χ0n) is 20.1. The van der Waals surface area contributed by atoms with Crippen LogP contribution in [0.5, 0.6) is 0 Å². The zero-order valence-corrected chi connectivity index (χ0v) is 20.9. The summed E-state index contributed by atoms with van der Waals surface area (Å²) in [7, 11) is 0. The lowest BCUT2D eigenvalue weighted by atomic mass is 9.69. The van der Waals surface area contributed by atoms with E-state index in [0.29, 0.717) is 27.5 Å². The summed E-state index contributed by atoms with van der Waals surface area (Å²) in [4.78, 5) is 20.0. The lowest BCUT2D eigenvalue weighted by Crippen LogP contribution is -2.29. The molecule has 0 aliphatic heterocycles. The minimum absolute atomic E-state index is 0.00206. The van der Waals surface area contributed by atoms with Gasteiger partial charge in [-0.2, -0.15) is 0 Å². The fourth-order valence-electron chi connectivity index (χ4n) is 5.73. The average Bonchev–Trinajstić information content (AvgIpc) is 3.38. The van der Waals surface area contributed by atoms with Crippen molar-refractivity contribution in [2.75, 3.05) is 5.73 Å². The molecule has 0 radical (unpaired) electrons. The third kappa shape index (κ3) is 3.31. The van der Waals surface area contributed by atoms with E-state index in [9.17, 15) is 4.79 Å². The highest BCUT2D eigenvalue weighted by Gasteiger charge is 2.32. The molecule has 0 amide bonds. The summed E-state index contributed by atoms with van der Waals surface area (Å²) in [6, 6.07) is 16.8. The smallest absolute Gasteiger partial charge is 0.205 e. The van der Waals surface area contributed by atoms with Crippen LogP contribution < -0.4 is 5.73 Å². The number of fused-ring (bicyclic) bond motifs is 5. The van der Waals surface area contributed by atoms with Crippen molar-refractivity contribution in [3.05, 3.63) is 81.4 Å². The summed E-state index contributed by atoms with van der Waals surface area (Å²) in [5.41, 5.74) is 15.7. The molecule has 2 heterocycles. The first-order valence-corrected chi connectivity index (χ1v) is 13.1. The number of thiophene rings is 1. The second-order valence-electron chi connectivity index (χ2n) is 10.6. The van der Waals surface area contributed by atoms with Gasteiger partial charge in [0.1, 0.15) is 9.71 Å². The number of carbonyl (C=O) groups is 1. The van der Waals surface area contributed by atoms with Crippen LogP contribution in [0.15, 0.2) is 48.5 Å². The molecule has 0 spiro atoms. The van der Waals surface area contributed by atoms with E-state index in [0.717, 1.165) is 29.5 Å². The van der Waals surface area contributed by atoms with E-state index in [-0.39, 0.29) is 5.78 Å². The summed E-state index contributed by atoms with van der Waals surface area (Å²) in [6.07, 6.45) is 5.28. The Labute approximate surface area is 205 Å². The van der Waals surface area contributed by atoms with Crippen molar-refractivity contribution < 1.29 is 4.79 Å². The molecule has 6 rings (SSSR count). The lowest BCUT2D eigenvalue weighted by Gasteiger charge is -2.36. The van der Waals surface area contributed by atoms with Gasteiger partial charge in [-0.1, -0.05) is 63.6 Å². The second kappa shape index (κ2) is 7.78. The van der Waals surface area contributed by atoms with E-state index in [1.54, 1.807) is 0 Å². The van der Waals surface area contributed by atoms with Crippen LogP contribution in [-0.2, 0) is 19.3 Å². The van der Waals surface area contributed by atoms with Crippen molar-refractivity contribution in [1.29, 1.82) is 0 Å². The number of nitrogen functional groups attached to an aromatic ring is 1. The largest absolute Gasteiger partial charge is 0.397 e. The van der Waals surface area contributed by atoms with Gasteiger partial charge in [0, 0.05) is 16.6 Å². The maximum Gasteiger partial charge on any atom is 0.205 e. The number of anilines is 1. The van der Waals surface area contributed by atoms with Crippen LogP contribution in [-0.4, -0.2) is 10.8 Å². The van der Waals surface area contributed by atoms with Crippen LogP contribution in [0.1, 0.15) is 71.2 Å². The molecule has 2 aromatic carbocycles. The number of pyridine rings is 1. The van der Waals surface area contributed by atoms with Crippen LogP contribution in [0, 0.1) is 11.3 Å². The predicted molar refractivity (Wildman–Crippen MR) is 142 cm³/mol. The molecule has 0 bridgehead atoms. The fraction of sp³-hybridized carbons (Fsp3) is 0.333. The number of aryl methyl sites for hydroxylation is 1. The number of ketones is 1. The van der Waals surface area contributed by atoms with Crippen LogP contribution in [0.4, 0.5) is 5.69 Å². The molecule has 2 aliphatic carbocycles. The van der Waals surface area contributed by atoms with Crippen LogP contribution in [0.2, 0.25) is 0 Å². The van der Waals surface area contributed by atoms with E-state index in [2.05, 4.69) is 63.2 Å². The molecular weight excluding hydrogens is 436 g/mol. The highest BCUT2D eigenvalue weighted by atomic mass is 32.1. The molecule has 0 saturated carbocycles. The van der Waals surface area contributed by atoms with Gasteiger partial charge < -0.3 is 5.73 Å². The number of nitrogens with zero attached hydrogens (tertiary/aromatic N) is 1. The molecule has 2 aliphatic rings. The fourth-order valence-corrected chi connectivity index (χ4v) is 6.79. The Kier molecular flexibility index (Phi) is 4.93. The highest BCUT2D eigenvalue weighted by molar-refractivity contribution is 7.21. The lowest BCUT2D eigenvalue weighted by molar-refractivity contribution is 0.104. The van der Waals surface area contributed by atoms with Gasteiger partial charge in [0.25, 0.3) is 0 Å². The van der Waals surface area contributed by atoms with Gasteiger partial charge in [0.2, 0.25) is 5.78 Å². The van der Waals surface area contributed by atoms with E-state index in [4.69, 9.17) is 10.7 Å². The number of carbonyl (C=O) groups excluding carboxylic acids is 1. The Hall–Kier alpha value is -2.98. The topological polar surface area (TPSA) is 56.0 Å². The second-order valence-corrected chi connectivity index (χ2v) is 11.6. The molecule has 3 nitrogen and oxygen atoms in total. The molecule has 2 aromatic heterocycles. The van der Waals surface area contributed by atoms with Gasteiger partial charge in [0.05, 0.1) is 5.69 Å². The van der Waals surface area contributed by atoms with Crippen molar-refractivity contribution in [3.63, 3.8) is 0 Å². The van der Waals surface area contributed by atoms with E-state index >= 15 is 0 Å². The maximum atomic E-state index is 13.6. The summed E-state index contributed by atoms with van der Waals surface area (Å²) >= 11 is 1.45. The molecule has 4 heteroatoms. The van der Waals surface area contributed by atoms with Gasteiger partial charge in [-0.15, -0.1) is 11.3 Å². The summed E-state index contributed by atoms with van der Waals surface area (Å²) < 4.78 is 0. The zero-order chi connectivity index (χ0) is 23.6. The number of nitrogens with two attached hydrogens (primary N) is 1. The first kappa shape index (κ1) is 21.5. The number of aromatic nitrogens is 1. The Balaban J connectivity index is 1.35. The third-order valence-corrected chi connectivity index (χ3v) is 9.48. The predicted octanol–water partition coefficient (Wildman–Crippen LogP) is 7.22. The number of rotatable bonds is 4. The van der Waals surface area contributed by atoms with Gasteiger partial charge in [0.15, 0.2) is 0 Å². The highest BCUT2D eigenvalue weighted by Crippen LogP contribution is 2.43. The maximum absolute atomic E-state index is 13.6. The van der Waals surface area contributed by atoms with Crippen molar-refractivity contribution in [1.82, 2.24) is 4.98 Å². The Morgan fingerprint density at radius 1 is 1.09 bits per heavy atom. The SMILES string of the molecule is CCC(C)(C)C1CCc2nc3sc(C(=O)c4ccc5c(c4)Cc4ccccc4-5)c(N)c3cc2C1. The number of hydrogen-bond donors (Lipinski definition) is 1. The Morgan fingerprint density at radius 2 is 1.88 bits per heavy atom. The molecule has 0 saturated heterocycles. The quantitative estimate of drug-likeness (QED) is 0.284. The summed E-state index contributed by atoms with van der Waals surface area (Å²) in [6.45, 7) is 7.03. The molecule has 4 aromatic rings. The minimum atomic E-state index is 0.00206. The third-order valence-electron chi connectivity index (χ3n) is 8.36. The van der Waals surface area contributed by atoms with Gasteiger partial charge in [-0.3, -0.25) is 4.79 Å². The average molecular weight is 467 g/mol. The van der Waals surface area contributed by atoms with E-state index < -0.39 is 0 Å². The Morgan fingerprint density at radius 3 is 2.71 bits per heavy atom.